The number of carboxylic acids is 1. The van der Waals surface area contributed by atoms with Crippen LogP contribution < -0.4 is 19.5 Å². The summed E-state index contributed by atoms with van der Waals surface area (Å²) in [6, 6.07) is 16.8. The van der Waals surface area contributed by atoms with E-state index in [1.807, 2.05) is 54.6 Å². The summed E-state index contributed by atoms with van der Waals surface area (Å²) in [4.78, 5) is 11.2. The Morgan fingerprint density at radius 1 is 0.971 bits per heavy atom. The van der Waals surface area contributed by atoms with Crippen LogP contribution >= 0.6 is 0 Å². The number of aliphatic hydroxyl groups is 1. The van der Waals surface area contributed by atoms with E-state index >= 15 is 0 Å². The predicted octanol–water partition coefficient (Wildman–Crippen LogP) is 4.39. The summed E-state index contributed by atoms with van der Waals surface area (Å²) in [6.45, 7) is 1.74. The van der Waals surface area contributed by atoms with E-state index in [1.165, 1.54) is 0 Å². The van der Waals surface area contributed by atoms with Gasteiger partial charge < -0.3 is 24.4 Å². The number of aliphatic hydroxyl groups excluding tert-OH is 1. The molecule has 0 saturated heterocycles. The molecular formula is C28H31NO6. The molecule has 0 fully saturated rings. The van der Waals surface area contributed by atoms with Crippen molar-refractivity contribution in [2.75, 3.05) is 27.9 Å². The highest BCUT2D eigenvalue weighted by atomic mass is 16.5. The molecule has 7 heteroatoms. The Hall–Kier alpha value is -3.81. The number of carbonyl (C=O) groups is 1. The molecule has 7 nitrogen and oxygen atoms in total. The number of hydrogen-bond donors (Lipinski definition) is 3. The van der Waals surface area contributed by atoms with E-state index in [0.717, 1.165) is 33.6 Å². The van der Waals surface area contributed by atoms with Gasteiger partial charge in [0.25, 0.3) is 0 Å². The van der Waals surface area contributed by atoms with Crippen LogP contribution in [0.1, 0.15) is 22.3 Å². The highest BCUT2D eigenvalue weighted by Crippen LogP contribution is 2.32. The van der Waals surface area contributed by atoms with Crippen LogP contribution in [0.25, 0.3) is 23.3 Å². The number of methoxy groups -OCH3 is 3. The van der Waals surface area contributed by atoms with Gasteiger partial charge in [0.2, 0.25) is 0 Å². The molecule has 1 atom stereocenters. The summed E-state index contributed by atoms with van der Waals surface area (Å²) in [7, 11) is 4.75. The lowest BCUT2D eigenvalue weighted by Gasteiger charge is -2.17. The molecule has 0 aliphatic heterocycles. The minimum absolute atomic E-state index is 0.164. The molecule has 3 rings (SSSR count). The Bertz CT molecular complexity index is 1160. The maximum Gasteiger partial charge on any atom is 0.323 e. The van der Waals surface area contributed by atoms with E-state index < -0.39 is 18.6 Å². The van der Waals surface area contributed by atoms with E-state index in [-0.39, 0.29) is 6.54 Å². The van der Waals surface area contributed by atoms with Gasteiger partial charge >= 0.3 is 5.97 Å². The van der Waals surface area contributed by atoms with Gasteiger partial charge in [-0.2, -0.15) is 0 Å². The molecule has 0 aliphatic rings. The third-order valence-electron chi connectivity index (χ3n) is 5.87. The molecular weight excluding hydrogens is 446 g/mol. The predicted molar refractivity (Wildman–Crippen MR) is 137 cm³/mol. The lowest BCUT2D eigenvalue weighted by molar-refractivity contribution is -0.140. The van der Waals surface area contributed by atoms with Gasteiger partial charge in [-0.05, 0) is 59.0 Å². The minimum Gasteiger partial charge on any atom is -0.497 e. The first-order valence-corrected chi connectivity index (χ1v) is 11.2. The molecule has 35 heavy (non-hydrogen) atoms. The van der Waals surface area contributed by atoms with Crippen LogP contribution in [0.5, 0.6) is 17.2 Å². The number of aliphatic carboxylic acids is 1. The van der Waals surface area contributed by atoms with Gasteiger partial charge in [-0.1, -0.05) is 42.5 Å². The van der Waals surface area contributed by atoms with Gasteiger partial charge in [0.05, 0.1) is 27.9 Å². The second-order valence-corrected chi connectivity index (χ2v) is 7.94. The normalized spacial score (nSPS) is 11.9. The largest absolute Gasteiger partial charge is 0.497 e. The van der Waals surface area contributed by atoms with E-state index in [9.17, 15) is 9.90 Å². The van der Waals surface area contributed by atoms with Crippen LogP contribution in [-0.4, -0.2) is 50.2 Å². The molecule has 3 aromatic carbocycles. The Morgan fingerprint density at radius 3 is 2.17 bits per heavy atom. The summed E-state index contributed by atoms with van der Waals surface area (Å²) < 4.78 is 16.4. The first-order valence-electron chi connectivity index (χ1n) is 11.2. The van der Waals surface area contributed by atoms with Crippen molar-refractivity contribution < 1.29 is 29.2 Å². The van der Waals surface area contributed by atoms with E-state index in [2.05, 4.69) is 24.4 Å². The lowest BCUT2D eigenvalue weighted by atomic mass is 9.96. The number of carboxylic acid groups (broad SMARTS) is 1. The Morgan fingerprint density at radius 2 is 1.63 bits per heavy atom. The molecule has 0 aliphatic carbocycles. The van der Waals surface area contributed by atoms with Crippen LogP contribution in [0.4, 0.5) is 0 Å². The standard InChI is InChI=1S/C28H31NO6/c1-18-20(6-5-7-23(18)21-10-12-22(33-2)13-11-21)9-8-19-14-26(34-3)24(27(15-19)35-4)16-29-25(17-30)28(31)32/h5-15,25,29-30H,16-17H2,1-4H3,(H,31,32)/b9-8+. The summed E-state index contributed by atoms with van der Waals surface area (Å²) >= 11 is 0. The fraction of sp³-hybridized carbons (Fsp3) is 0.250. The zero-order valence-electron chi connectivity index (χ0n) is 20.4. The fourth-order valence-corrected chi connectivity index (χ4v) is 3.83. The number of nitrogens with one attached hydrogen (secondary N) is 1. The van der Waals surface area contributed by atoms with Gasteiger partial charge in [-0.3, -0.25) is 10.1 Å². The highest BCUT2D eigenvalue weighted by molar-refractivity contribution is 5.78. The molecule has 3 aromatic rings. The second kappa shape index (κ2) is 12.1. The molecule has 0 heterocycles. The zero-order chi connectivity index (χ0) is 25.4. The monoisotopic (exact) mass is 477 g/mol. The maximum atomic E-state index is 11.2. The summed E-state index contributed by atoms with van der Waals surface area (Å²) in [5.41, 5.74) is 6.02. The van der Waals surface area contributed by atoms with Crippen molar-refractivity contribution in [3.05, 3.63) is 76.9 Å². The van der Waals surface area contributed by atoms with Gasteiger partial charge in [0.15, 0.2) is 0 Å². The molecule has 1 unspecified atom stereocenters. The molecule has 0 spiro atoms. The summed E-state index contributed by atoms with van der Waals surface area (Å²) in [6.07, 6.45) is 4.02. The molecule has 0 amide bonds. The van der Waals surface area contributed by atoms with Crippen molar-refractivity contribution in [1.82, 2.24) is 5.32 Å². The Kier molecular flexibility index (Phi) is 8.89. The zero-order valence-corrected chi connectivity index (χ0v) is 20.4. The Labute approximate surface area is 205 Å². The summed E-state index contributed by atoms with van der Waals surface area (Å²) in [5, 5.41) is 21.2. The molecule has 0 saturated carbocycles. The van der Waals surface area contributed by atoms with Crippen molar-refractivity contribution in [3.63, 3.8) is 0 Å². The number of benzene rings is 3. The SMILES string of the molecule is COc1ccc(-c2cccc(/C=C/c3cc(OC)c(CNC(CO)C(=O)O)c(OC)c3)c2C)cc1. The molecule has 0 radical (unpaired) electrons. The van der Waals surface area contributed by atoms with Crippen molar-refractivity contribution in [3.8, 4) is 28.4 Å². The third-order valence-corrected chi connectivity index (χ3v) is 5.87. The molecule has 0 aromatic heterocycles. The maximum absolute atomic E-state index is 11.2. The average molecular weight is 478 g/mol. The average Bonchev–Trinajstić information content (AvgIpc) is 2.88. The van der Waals surface area contributed by atoms with Crippen molar-refractivity contribution >= 4 is 18.1 Å². The first kappa shape index (κ1) is 25.8. The van der Waals surface area contributed by atoms with Crippen LogP contribution in [0.15, 0.2) is 54.6 Å². The first-order chi connectivity index (χ1) is 16.9. The van der Waals surface area contributed by atoms with E-state index in [1.54, 1.807) is 21.3 Å². The number of rotatable bonds is 11. The topological polar surface area (TPSA) is 97.2 Å². The molecule has 3 N–H and O–H groups in total. The quantitative estimate of drug-likeness (QED) is 0.352. The number of hydrogen-bond acceptors (Lipinski definition) is 6. The van der Waals surface area contributed by atoms with Crippen molar-refractivity contribution in [1.29, 1.82) is 0 Å². The van der Waals surface area contributed by atoms with Crippen molar-refractivity contribution in [2.24, 2.45) is 0 Å². The molecule has 0 bridgehead atoms. The Balaban J connectivity index is 1.89. The van der Waals surface area contributed by atoms with E-state index in [4.69, 9.17) is 19.3 Å². The van der Waals surface area contributed by atoms with Crippen molar-refractivity contribution in [2.45, 2.75) is 19.5 Å². The van der Waals surface area contributed by atoms with Gasteiger partial charge in [-0.25, -0.2) is 0 Å². The lowest BCUT2D eigenvalue weighted by Crippen LogP contribution is -2.39. The van der Waals surface area contributed by atoms with Crippen LogP contribution in [0.2, 0.25) is 0 Å². The van der Waals surface area contributed by atoms with Gasteiger partial charge in [-0.15, -0.1) is 0 Å². The molecule has 184 valence electrons. The smallest absolute Gasteiger partial charge is 0.323 e. The minimum atomic E-state index is -1.13. The highest BCUT2D eigenvalue weighted by Gasteiger charge is 2.18. The van der Waals surface area contributed by atoms with Gasteiger partial charge in [0, 0.05) is 12.1 Å². The van der Waals surface area contributed by atoms with Crippen LogP contribution in [-0.2, 0) is 11.3 Å². The van der Waals surface area contributed by atoms with Gasteiger partial charge in [0.1, 0.15) is 23.3 Å². The summed E-state index contributed by atoms with van der Waals surface area (Å²) in [5.74, 6) is 0.806. The van der Waals surface area contributed by atoms with E-state index in [0.29, 0.717) is 17.1 Å². The van der Waals surface area contributed by atoms with Crippen LogP contribution in [0, 0.1) is 6.92 Å². The van der Waals surface area contributed by atoms with Crippen LogP contribution in [0.3, 0.4) is 0 Å². The number of ether oxygens (including phenoxy) is 3. The fourth-order valence-electron chi connectivity index (χ4n) is 3.83. The second-order valence-electron chi connectivity index (χ2n) is 7.94. The third kappa shape index (κ3) is 6.20.